The molecule has 1 aromatic heterocycles. The van der Waals surface area contributed by atoms with Gasteiger partial charge in [-0.2, -0.15) is 0 Å². The van der Waals surface area contributed by atoms with Gasteiger partial charge in [-0.1, -0.05) is 11.6 Å². The van der Waals surface area contributed by atoms with Crippen molar-refractivity contribution in [3.63, 3.8) is 0 Å². The highest BCUT2D eigenvalue weighted by Gasteiger charge is 2.14. The predicted molar refractivity (Wildman–Crippen MR) is 81.3 cm³/mol. The number of carbonyl (C=O) groups is 1. The smallest absolute Gasteiger partial charge is 0.270 e. The Hall–Kier alpha value is -1.44. The molecule has 0 atom stereocenters. The molecule has 0 bridgehead atoms. The van der Waals surface area contributed by atoms with Crippen molar-refractivity contribution in [2.45, 2.75) is 6.54 Å². The third-order valence-electron chi connectivity index (χ3n) is 2.45. The minimum atomic E-state index is -0.559. The monoisotopic (exact) mass is 374 g/mol. The zero-order chi connectivity index (χ0) is 14.7. The molecule has 0 aliphatic rings. The van der Waals surface area contributed by atoms with Crippen molar-refractivity contribution in [2.75, 3.05) is 0 Å². The third kappa shape index (κ3) is 3.56. The van der Waals surface area contributed by atoms with Crippen molar-refractivity contribution in [3.05, 3.63) is 59.7 Å². The van der Waals surface area contributed by atoms with Crippen LogP contribution in [-0.4, -0.2) is 10.8 Å². The molecule has 20 heavy (non-hydrogen) atoms. The Morgan fingerprint density at radius 1 is 1.45 bits per heavy atom. The average Bonchev–Trinajstić information content (AvgIpc) is 2.81. The summed E-state index contributed by atoms with van der Waals surface area (Å²) in [5.74, 6) is -0.366. The molecule has 0 saturated carbocycles. The highest BCUT2D eigenvalue weighted by atomic mass is 79.9. The minimum Gasteiger partial charge on any atom is -0.347 e. The van der Waals surface area contributed by atoms with Gasteiger partial charge in [0.1, 0.15) is 0 Å². The van der Waals surface area contributed by atoms with Crippen molar-refractivity contribution in [1.82, 2.24) is 5.32 Å². The SMILES string of the molecule is O=C(NCc1cc(Br)cs1)c1ccc([N+](=O)[O-])cc1Cl. The standard InChI is InChI=1S/C12H8BrClN2O3S/c13-7-3-9(20-6-7)5-15-12(17)10-2-1-8(16(18)19)4-11(10)14/h1-4,6H,5H2,(H,15,17). The summed E-state index contributed by atoms with van der Waals surface area (Å²) >= 11 is 10.7. The Balaban J connectivity index is 2.07. The van der Waals surface area contributed by atoms with Crippen molar-refractivity contribution in [2.24, 2.45) is 0 Å². The number of benzene rings is 1. The number of hydrogen-bond donors (Lipinski definition) is 1. The fourth-order valence-electron chi connectivity index (χ4n) is 1.51. The highest BCUT2D eigenvalue weighted by Crippen LogP contribution is 2.23. The molecular formula is C12H8BrClN2O3S. The molecule has 0 spiro atoms. The van der Waals surface area contributed by atoms with Crippen LogP contribution in [0.5, 0.6) is 0 Å². The number of rotatable bonds is 4. The minimum absolute atomic E-state index is 0.0593. The van der Waals surface area contributed by atoms with E-state index in [1.165, 1.54) is 23.5 Å². The van der Waals surface area contributed by atoms with E-state index in [9.17, 15) is 14.9 Å². The molecular weight excluding hydrogens is 368 g/mol. The number of nitro groups is 1. The van der Waals surface area contributed by atoms with Gasteiger partial charge in [0.25, 0.3) is 11.6 Å². The number of nitrogens with zero attached hydrogens (tertiary/aromatic N) is 1. The Labute approximate surface area is 131 Å². The van der Waals surface area contributed by atoms with E-state index in [0.29, 0.717) is 6.54 Å². The maximum absolute atomic E-state index is 12.0. The number of halogens is 2. The maximum atomic E-state index is 12.0. The van der Waals surface area contributed by atoms with Crippen molar-refractivity contribution in [1.29, 1.82) is 0 Å². The number of non-ortho nitro benzene ring substituents is 1. The van der Waals surface area contributed by atoms with Gasteiger partial charge in [0.2, 0.25) is 0 Å². The molecule has 0 aliphatic heterocycles. The average molecular weight is 376 g/mol. The highest BCUT2D eigenvalue weighted by molar-refractivity contribution is 9.10. The van der Waals surface area contributed by atoms with Crippen LogP contribution in [-0.2, 0) is 6.54 Å². The van der Waals surface area contributed by atoms with Crippen LogP contribution in [0.4, 0.5) is 5.69 Å². The third-order valence-corrected chi connectivity index (χ3v) is 4.46. The van der Waals surface area contributed by atoms with Gasteiger partial charge in [-0.25, -0.2) is 0 Å². The molecule has 1 N–H and O–H groups in total. The first-order chi connectivity index (χ1) is 9.47. The number of nitrogens with one attached hydrogen (secondary N) is 1. The summed E-state index contributed by atoms with van der Waals surface area (Å²) in [6, 6.07) is 5.67. The van der Waals surface area contributed by atoms with E-state index in [1.807, 2.05) is 11.4 Å². The Bertz CT molecular complexity index is 674. The Kier molecular flexibility index (Phi) is 4.74. The lowest BCUT2D eigenvalue weighted by Crippen LogP contribution is -2.22. The fourth-order valence-corrected chi connectivity index (χ4v) is 3.16. The summed E-state index contributed by atoms with van der Waals surface area (Å²) in [4.78, 5) is 23.0. The van der Waals surface area contributed by atoms with Gasteiger partial charge in [-0.05, 0) is 28.1 Å². The zero-order valence-corrected chi connectivity index (χ0v) is 13.1. The number of nitro benzene ring substituents is 1. The van der Waals surface area contributed by atoms with Gasteiger partial charge in [-0.15, -0.1) is 11.3 Å². The lowest BCUT2D eigenvalue weighted by atomic mass is 10.2. The van der Waals surface area contributed by atoms with Crippen LogP contribution in [0.2, 0.25) is 5.02 Å². The number of carbonyl (C=O) groups excluding carboxylic acids is 1. The molecule has 5 nitrogen and oxygen atoms in total. The van der Waals surface area contributed by atoms with E-state index in [4.69, 9.17) is 11.6 Å². The summed E-state index contributed by atoms with van der Waals surface area (Å²) in [7, 11) is 0. The molecule has 2 rings (SSSR count). The van der Waals surface area contributed by atoms with Crippen molar-refractivity contribution >= 4 is 50.5 Å². The second-order valence-corrected chi connectivity index (χ2v) is 6.15. The predicted octanol–water partition coefficient (Wildman–Crippen LogP) is 4.00. The topological polar surface area (TPSA) is 72.2 Å². The molecule has 0 saturated heterocycles. The van der Waals surface area contributed by atoms with Crippen LogP contribution < -0.4 is 5.32 Å². The molecule has 1 aromatic carbocycles. The van der Waals surface area contributed by atoms with E-state index in [2.05, 4.69) is 21.2 Å². The van der Waals surface area contributed by atoms with Crippen molar-refractivity contribution < 1.29 is 9.72 Å². The van der Waals surface area contributed by atoms with Gasteiger partial charge >= 0.3 is 0 Å². The van der Waals surface area contributed by atoms with Gasteiger partial charge in [-0.3, -0.25) is 14.9 Å². The van der Waals surface area contributed by atoms with Gasteiger partial charge in [0.15, 0.2) is 0 Å². The van der Waals surface area contributed by atoms with E-state index in [1.54, 1.807) is 0 Å². The summed E-state index contributed by atoms with van der Waals surface area (Å²) in [6.07, 6.45) is 0. The normalized spacial score (nSPS) is 10.3. The van der Waals surface area contributed by atoms with Gasteiger partial charge in [0, 0.05) is 26.9 Å². The lowest BCUT2D eigenvalue weighted by molar-refractivity contribution is -0.384. The first-order valence-corrected chi connectivity index (χ1v) is 7.47. The first-order valence-electron chi connectivity index (χ1n) is 5.42. The number of amides is 1. The number of hydrogen-bond acceptors (Lipinski definition) is 4. The molecule has 1 heterocycles. The molecule has 104 valence electrons. The van der Waals surface area contributed by atoms with Crippen LogP contribution in [0.15, 0.2) is 34.1 Å². The zero-order valence-electron chi connectivity index (χ0n) is 9.93. The van der Waals surface area contributed by atoms with Crippen LogP contribution in [0.25, 0.3) is 0 Å². The van der Waals surface area contributed by atoms with Crippen molar-refractivity contribution in [3.8, 4) is 0 Å². The second kappa shape index (κ2) is 6.34. The lowest BCUT2D eigenvalue weighted by Gasteiger charge is -2.05. The van der Waals surface area contributed by atoms with Crippen LogP contribution in [0.1, 0.15) is 15.2 Å². The molecule has 1 amide bonds. The molecule has 0 unspecified atom stereocenters. The van der Waals surface area contributed by atoms with E-state index >= 15 is 0 Å². The first kappa shape index (κ1) is 15.0. The summed E-state index contributed by atoms with van der Waals surface area (Å²) in [5, 5.41) is 15.3. The quantitative estimate of drug-likeness (QED) is 0.648. The van der Waals surface area contributed by atoms with Crippen LogP contribution in [0, 0.1) is 10.1 Å². The van der Waals surface area contributed by atoms with E-state index < -0.39 is 4.92 Å². The Morgan fingerprint density at radius 3 is 2.75 bits per heavy atom. The maximum Gasteiger partial charge on any atom is 0.270 e. The summed E-state index contributed by atoms with van der Waals surface area (Å²) in [6.45, 7) is 0.377. The van der Waals surface area contributed by atoms with Gasteiger partial charge in [0.05, 0.1) is 22.1 Å². The van der Waals surface area contributed by atoms with Crippen LogP contribution >= 0.6 is 38.9 Å². The van der Waals surface area contributed by atoms with E-state index in [-0.39, 0.29) is 22.2 Å². The number of thiophene rings is 1. The van der Waals surface area contributed by atoms with E-state index in [0.717, 1.165) is 15.4 Å². The summed E-state index contributed by atoms with van der Waals surface area (Å²) < 4.78 is 0.958. The fraction of sp³-hybridized carbons (Fsp3) is 0.0833. The molecule has 0 aliphatic carbocycles. The Morgan fingerprint density at radius 2 is 2.20 bits per heavy atom. The molecule has 2 aromatic rings. The van der Waals surface area contributed by atoms with Gasteiger partial charge < -0.3 is 5.32 Å². The molecule has 0 fully saturated rings. The summed E-state index contributed by atoms with van der Waals surface area (Å²) in [5.41, 5.74) is 0.0709. The second-order valence-electron chi connectivity index (χ2n) is 3.84. The molecule has 8 heteroatoms. The largest absolute Gasteiger partial charge is 0.347 e. The molecule has 0 radical (unpaired) electrons. The van der Waals surface area contributed by atoms with Crippen LogP contribution in [0.3, 0.4) is 0 Å².